The molecule has 84 valence electrons. The van der Waals surface area contributed by atoms with Gasteiger partial charge in [0.2, 0.25) is 0 Å². The lowest BCUT2D eigenvalue weighted by molar-refractivity contribution is 1.31. The summed E-state index contributed by atoms with van der Waals surface area (Å²) < 4.78 is 1.07. The van der Waals surface area contributed by atoms with E-state index in [1.165, 1.54) is 0 Å². The van der Waals surface area contributed by atoms with Gasteiger partial charge >= 0.3 is 0 Å². The van der Waals surface area contributed by atoms with Gasteiger partial charge < -0.3 is 0 Å². The number of nitrogens with zero attached hydrogens (tertiary/aromatic N) is 1. The van der Waals surface area contributed by atoms with Gasteiger partial charge in [-0.05, 0) is 29.3 Å². The summed E-state index contributed by atoms with van der Waals surface area (Å²) in [5.41, 5.74) is 3.37. The molecule has 17 heavy (non-hydrogen) atoms. The number of benzene rings is 1. The molecule has 0 aliphatic rings. The van der Waals surface area contributed by atoms with Gasteiger partial charge in [-0.3, -0.25) is 4.98 Å². The van der Waals surface area contributed by atoms with Crippen LogP contribution in [0.5, 0.6) is 0 Å². The van der Waals surface area contributed by atoms with Crippen LogP contribution in [0.15, 0.2) is 72.0 Å². The molecule has 0 aliphatic carbocycles. The Hall–Kier alpha value is -1.67. The third kappa shape index (κ3) is 2.92. The van der Waals surface area contributed by atoms with Gasteiger partial charge in [0.15, 0.2) is 0 Å². The molecule has 0 spiro atoms. The minimum absolute atomic E-state index is 1.07. The first-order valence-electron chi connectivity index (χ1n) is 5.30. The lowest BCUT2D eigenvalue weighted by atomic mass is 9.99. The molecule has 0 aliphatic heterocycles. The third-order valence-corrected chi connectivity index (χ3v) is 2.94. The second-order valence-electron chi connectivity index (χ2n) is 3.56. The average Bonchev–Trinajstić information content (AvgIpc) is 2.38. The van der Waals surface area contributed by atoms with Crippen molar-refractivity contribution in [3.63, 3.8) is 0 Å². The van der Waals surface area contributed by atoms with Gasteiger partial charge in [-0.1, -0.05) is 52.9 Å². The summed E-state index contributed by atoms with van der Waals surface area (Å²) in [5, 5.41) is 0. The van der Waals surface area contributed by atoms with Crippen molar-refractivity contribution < 1.29 is 0 Å². The second-order valence-corrected chi connectivity index (χ2v) is 4.48. The number of allylic oxidation sites excluding steroid dienone is 2. The second kappa shape index (κ2) is 5.60. The van der Waals surface area contributed by atoms with E-state index >= 15 is 0 Å². The molecule has 0 radical (unpaired) electrons. The van der Waals surface area contributed by atoms with E-state index in [9.17, 15) is 0 Å². The standard InChI is InChI=1S/C15H12BrN/c1-2-4-15(13-5-3-10-17-11-13)12-6-8-14(16)9-7-12/h2-11H,1H2/b15-4+. The van der Waals surface area contributed by atoms with Gasteiger partial charge in [0.25, 0.3) is 0 Å². The highest BCUT2D eigenvalue weighted by molar-refractivity contribution is 9.10. The van der Waals surface area contributed by atoms with Crippen LogP contribution in [0.2, 0.25) is 0 Å². The molecular weight excluding hydrogens is 274 g/mol. The zero-order valence-electron chi connectivity index (χ0n) is 9.31. The van der Waals surface area contributed by atoms with E-state index in [2.05, 4.69) is 39.6 Å². The highest BCUT2D eigenvalue weighted by Crippen LogP contribution is 2.24. The number of hydrogen-bond acceptors (Lipinski definition) is 1. The topological polar surface area (TPSA) is 12.9 Å². The predicted octanol–water partition coefficient (Wildman–Crippen LogP) is 4.46. The zero-order valence-corrected chi connectivity index (χ0v) is 10.9. The van der Waals surface area contributed by atoms with Gasteiger partial charge in [0.05, 0.1) is 0 Å². The van der Waals surface area contributed by atoms with Crippen molar-refractivity contribution >= 4 is 21.5 Å². The maximum Gasteiger partial charge on any atom is 0.0346 e. The number of rotatable bonds is 3. The van der Waals surface area contributed by atoms with E-state index in [1.54, 1.807) is 12.3 Å². The van der Waals surface area contributed by atoms with E-state index in [-0.39, 0.29) is 0 Å². The van der Waals surface area contributed by atoms with Crippen LogP contribution < -0.4 is 0 Å². The molecule has 2 aromatic rings. The largest absolute Gasteiger partial charge is 0.264 e. The van der Waals surface area contributed by atoms with E-state index in [0.29, 0.717) is 0 Å². The molecule has 1 aromatic heterocycles. The van der Waals surface area contributed by atoms with Crippen molar-refractivity contribution in [2.45, 2.75) is 0 Å². The van der Waals surface area contributed by atoms with Crippen LogP contribution in [0.3, 0.4) is 0 Å². The van der Waals surface area contributed by atoms with Gasteiger partial charge in [0, 0.05) is 22.4 Å². The molecule has 1 aromatic carbocycles. The Labute approximate surface area is 110 Å². The molecule has 0 saturated heterocycles. The quantitative estimate of drug-likeness (QED) is 0.759. The van der Waals surface area contributed by atoms with Crippen molar-refractivity contribution in [2.24, 2.45) is 0 Å². The molecule has 1 nitrogen and oxygen atoms in total. The molecule has 0 bridgehead atoms. The van der Waals surface area contributed by atoms with Crippen LogP contribution in [0.4, 0.5) is 0 Å². The van der Waals surface area contributed by atoms with Gasteiger partial charge in [-0.2, -0.15) is 0 Å². The lowest BCUT2D eigenvalue weighted by Gasteiger charge is -2.07. The maximum atomic E-state index is 4.15. The smallest absolute Gasteiger partial charge is 0.0346 e. The van der Waals surface area contributed by atoms with E-state index in [4.69, 9.17) is 0 Å². The average molecular weight is 286 g/mol. The predicted molar refractivity (Wildman–Crippen MR) is 75.7 cm³/mol. The van der Waals surface area contributed by atoms with Crippen molar-refractivity contribution in [1.29, 1.82) is 0 Å². The highest BCUT2D eigenvalue weighted by atomic mass is 79.9. The summed E-state index contributed by atoms with van der Waals surface area (Å²) in [5.74, 6) is 0. The summed E-state index contributed by atoms with van der Waals surface area (Å²) in [4.78, 5) is 4.15. The Bertz CT molecular complexity index is 527. The summed E-state index contributed by atoms with van der Waals surface area (Å²) in [6, 6.07) is 12.2. The fourth-order valence-corrected chi connectivity index (χ4v) is 1.89. The molecule has 1 heterocycles. The number of hydrogen-bond donors (Lipinski definition) is 0. The van der Waals surface area contributed by atoms with Crippen LogP contribution in [0.25, 0.3) is 5.57 Å². The Kier molecular flexibility index (Phi) is 3.89. The molecule has 0 N–H and O–H groups in total. The zero-order chi connectivity index (χ0) is 12.1. The molecule has 0 saturated carbocycles. The number of pyridine rings is 1. The molecule has 2 rings (SSSR count). The van der Waals surface area contributed by atoms with Gasteiger partial charge in [-0.25, -0.2) is 0 Å². The fourth-order valence-electron chi connectivity index (χ4n) is 1.63. The minimum Gasteiger partial charge on any atom is -0.264 e. The van der Waals surface area contributed by atoms with Crippen LogP contribution in [0, 0.1) is 0 Å². The van der Waals surface area contributed by atoms with Gasteiger partial charge in [-0.15, -0.1) is 0 Å². The Balaban J connectivity index is 2.47. The third-order valence-electron chi connectivity index (χ3n) is 2.41. The molecule has 2 heteroatoms. The Morgan fingerprint density at radius 2 is 1.88 bits per heavy atom. The van der Waals surface area contributed by atoms with Crippen molar-refractivity contribution in [3.05, 3.63) is 83.1 Å². The van der Waals surface area contributed by atoms with Crippen LogP contribution in [0.1, 0.15) is 11.1 Å². The lowest BCUT2D eigenvalue weighted by Crippen LogP contribution is -1.88. The Morgan fingerprint density at radius 1 is 1.12 bits per heavy atom. The van der Waals surface area contributed by atoms with Crippen LogP contribution in [-0.4, -0.2) is 4.98 Å². The maximum absolute atomic E-state index is 4.15. The molecular formula is C15H12BrN. The van der Waals surface area contributed by atoms with Crippen molar-refractivity contribution in [2.75, 3.05) is 0 Å². The van der Waals surface area contributed by atoms with Crippen LogP contribution in [-0.2, 0) is 0 Å². The summed E-state index contributed by atoms with van der Waals surface area (Å²) in [6.45, 7) is 3.76. The SMILES string of the molecule is C=C/C=C(\c1ccc(Br)cc1)c1cccnc1. The fraction of sp³-hybridized carbons (Fsp3) is 0. The monoisotopic (exact) mass is 285 g/mol. The number of aromatic nitrogens is 1. The van der Waals surface area contributed by atoms with Crippen molar-refractivity contribution in [1.82, 2.24) is 4.98 Å². The normalized spacial score (nSPS) is 11.2. The summed E-state index contributed by atoms with van der Waals surface area (Å²) in [6.07, 6.45) is 7.43. The minimum atomic E-state index is 1.07. The molecule has 0 unspecified atom stereocenters. The summed E-state index contributed by atoms with van der Waals surface area (Å²) in [7, 11) is 0. The first-order chi connectivity index (χ1) is 8.31. The van der Waals surface area contributed by atoms with Crippen LogP contribution >= 0.6 is 15.9 Å². The molecule has 0 atom stereocenters. The van der Waals surface area contributed by atoms with E-state index < -0.39 is 0 Å². The summed E-state index contributed by atoms with van der Waals surface area (Å²) >= 11 is 3.44. The van der Waals surface area contributed by atoms with E-state index in [1.807, 2.05) is 36.5 Å². The van der Waals surface area contributed by atoms with Crippen molar-refractivity contribution in [3.8, 4) is 0 Å². The molecule has 0 fully saturated rings. The Morgan fingerprint density at radius 3 is 2.47 bits per heavy atom. The van der Waals surface area contributed by atoms with E-state index in [0.717, 1.165) is 21.2 Å². The highest BCUT2D eigenvalue weighted by Gasteiger charge is 2.03. The number of halogens is 1. The first-order valence-corrected chi connectivity index (χ1v) is 6.09. The van der Waals surface area contributed by atoms with Gasteiger partial charge in [0.1, 0.15) is 0 Å². The molecule has 0 amide bonds. The first kappa shape index (κ1) is 11.8.